The van der Waals surface area contributed by atoms with Gasteiger partial charge in [0.2, 0.25) is 0 Å². The van der Waals surface area contributed by atoms with E-state index >= 15 is 0 Å². The number of hydrogen-bond donors (Lipinski definition) is 1. The number of anilines is 1. The van der Waals surface area contributed by atoms with E-state index in [9.17, 15) is 4.79 Å². The van der Waals surface area contributed by atoms with Gasteiger partial charge in [-0.05, 0) is 18.2 Å². The Hall–Kier alpha value is -0.740. The van der Waals surface area contributed by atoms with E-state index in [1.165, 1.54) is 7.11 Å². The molecule has 0 aliphatic heterocycles. The van der Waals surface area contributed by atoms with E-state index in [0.29, 0.717) is 10.7 Å². The zero-order valence-corrected chi connectivity index (χ0v) is 9.85. The summed E-state index contributed by atoms with van der Waals surface area (Å²) in [6.07, 6.45) is 0. The number of carbonyl (C=O) groups excluding carboxylic acids is 1. The van der Waals surface area contributed by atoms with E-state index in [-0.39, 0.29) is 12.5 Å². The van der Waals surface area contributed by atoms with Gasteiger partial charge in [0.1, 0.15) is 6.54 Å². The lowest BCUT2D eigenvalue weighted by molar-refractivity contribution is -0.138. The third-order valence-corrected chi connectivity index (χ3v) is 2.40. The first-order valence-electron chi connectivity index (χ1n) is 3.89. The third-order valence-electron chi connectivity index (χ3n) is 1.58. The molecule has 5 heteroatoms. The molecule has 0 aliphatic carbocycles. The number of carbonyl (C=O) groups is 1. The Morgan fingerprint density at radius 3 is 3.00 bits per heavy atom. The van der Waals surface area contributed by atoms with E-state index in [1.807, 2.05) is 6.07 Å². The predicted molar refractivity (Wildman–Crippen MR) is 59.7 cm³/mol. The van der Waals surface area contributed by atoms with E-state index in [2.05, 4.69) is 26.0 Å². The second kappa shape index (κ2) is 5.22. The average molecular weight is 279 g/mol. The second-order valence-electron chi connectivity index (χ2n) is 2.55. The molecule has 0 unspecified atom stereocenters. The first kappa shape index (κ1) is 11.3. The Kier molecular flexibility index (Phi) is 4.22. The van der Waals surface area contributed by atoms with Crippen LogP contribution in [-0.4, -0.2) is 19.6 Å². The highest BCUT2D eigenvalue weighted by Gasteiger charge is 2.03. The number of ether oxygens (including phenoxy) is 1. The summed E-state index contributed by atoms with van der Waals surface area (Å²) in [6, 6.07) is 5.36. The molecule has 14 heavy (non-hydrogen) atoms. The molecular formula is C9H9BrClNO2. The zero-order valence-electron chi connectivity index (χ0n) is 7.51. The van der Waals surface area contributed by atoms with E-state index in [0.717, 1.165) is 4.47 Å². The molecule has 0 saturated carbocycles. The Morgan fingerprint density at radius 1 is 1.64 bits per heavy atom. The molecular weight excluding hydrogens is 269 g/mol. The third kappa shape index (κ3) is 3.20. The van der Waals surface area contributed by atoms with Crippen LogP contribution in [0.5, 0.6) is 0 Å². The van der Waals surface area contributed by atoms with Crippen LogP contribution in [0.25, 0.3) is 0 Å². The summed E-state index contributed by atoms with van der Waals surface area (Å²) in [5.74, 6) is -0.332. The topological polar surface area (TPSA) is 38.3 Å². The van der Waals surface area contributed by atoms with Crippen LogP contribution in [0, 0.1) is 0 Å². The second-order valence-corrected chi connectivity index (χ2v) is 3.88. The quantitative estimate of drug-likeness (QED) is 0.864. The molecule has 0 aliphatic rings. The highest BCUT2D eigenvalue weighted by Crippen LogP contribution is 2.25. The molecule has 0 fully saturated rings. The molecule has 0 atom stereocenters. The van der Waals surface area contributed by atoms with Crippen LogP contribution in [0.1, 0.15) is 0 Å². The van der Waals surface area contributed by atoms with Crippen LogP contribution in [0.4, 0.5) is 5.69 Å². The monoisotopic (exact) mass is 277 g/mol. The van der Waals surface area contributed by atoms with Gasteiger partial charge in [-0.1, -0.05) is 27.5 Å². The molecule has 1 rings (SSSR count). The van der Waals surface area contributed by atoms with Crippen molar-refractivity contribution in [3.8, 4) is 0 Å². The van der Waals surface area contributed by atoms with Crippen LogP contribution < -0.4 is 5.32 Å². The van der Waals surface area contributed by atoms with Gasteiger partial charge in [-0.3, -0.25) is 4.79 Å². The number of halogens is 2. The lowest BCUT2D eigenvalue weighted by Crippen LogP contribution is -2.15. The van der Waals surface area contributed by atoms with Gasteiger partial charge >= 0.3 is 5.97 Å². The lowest BCUT2D eigenvalue weighted by Gasteiger charge is -2.07. The van der Waals surface area contributed by atoms with E-state index in [4.69, 9.17) is 11.6 Å². The maximum Gasteiger partial charge on any atom is 0.325 e. The number of nitrogens with one attached hydrogen (secondary N) is 1. The van der Waals surface area contributed by atoms with Gasteiger partial charge in [0, 0.05) is 4.47 Å². The minimum absolute atomic E-state index is 0.104. The van der Waals surface area contributed by atoms with Crippen LogP contribution >= 0.6 is 27.5 Å². The largest absolute Gasteiger partial charge is 0.468 e. The normalized spacial score (nSPS) is 9.64. The Bertz CT molecular complexity index is 344. The summed E-state index contributed by atoms with van der Waals surface area (Å²) in [5.41, 5.74) is 0.700. The van der Waals surface area contributed by atoms with Crippen LogP contribution in [0.3, 0.4) is 0 Å². The molecule has 1 aromatic carbocycles. The number of rotatable bonds is 3. The molecule has 0 saturated heterocycles. The maximum atomic E-state index is 10.8. The Morgan fingerprint density at radius 2 is 2.36 bits per heavy atom. The van der Waals surface area contributed by atoms with Crippen molar-refractivity contribution in [1.82, 2.24) is 0 Å². The molecule has 0 heterocycles. The summed E-state index contributed by atoms with van der Waals surface area (Å²) >= 11 is 9.19. The summed E-state index contributed by atoms with van der Waals surface area (Å²) in [5, 5.41) is 3.43. The highest BCUT2D eigenvalue weighted by atomic mass is 79.9. The standard InChI is InChI=1S/C9H9BrClNO2/c1-14-9(13)5-12-8-4-6(10)2-3-7(8)11/h2-4,12H,5H2,1H3. The molecule has 0 spiro atoms. The maximum absolute atomic E-state index is 10.8. The first-order chi connectivity index (χ1) is 6.63. The van der Waals surface area contributed by atoms with Crippen molar-refractivity contribution >= 4 is 39.2 Å². The van der Waals surface area contributed by atoms with Gasteiger partial charge in [0.25, 0.3) is 0 Å². The molecule has 0 bridgehead atoms. The molecule has 76 valence electrons. The number of esters is 1. The van der Waals surface area contributed by atoms with Crippen LogP contribution in [-0.2, 0) is 9.53 Å². The van der Waals surface area contributed by atoms with Crippen molar-refractivity contribution in [2.45, 2.75) is 0 Å². The highest BCUT2D eigenvalue weighted by molar-refractivity contribution is 9.10. The van der Waals surface area contributed by atoms with Gasteiger partial charge in [-0.2, -0.15) is 0 Å². The predicted octanol–water partition coefficient (Wildman–Crippen LogP) is 2.69. The lowest BCUT2D eigenvalue weighted by atomic mass is 10.3. The minimum atomic E-state index is -0.332. The van der Waals surface area contributed by atoms with Crippen molar-refractivity contribution in [3.63, 3.8) is 0 Å². The summed E-state index contributed by atoms with van der Waals surface area (Å²) in [6.45, 7) is 0.104. The summed E-state index contributed by atoms with van der Waals surface area (Å²) < 4.78 is 5.38. The van der Waals surface area contributed by atoms with Crippen molar-refractivity contribution < 1.29 is 9.53 Å². The zero-order chi connectivity index (χ0) is 10.6. The average Bonchev–Trinajstić information content (AvgIpc) is 2.19. The van der Waals surface area contributed by atoms with Crippen molar-refractivity contribution in [2.24, 2.45) is 0 Å². The van der Waals surface area contributed by atoms with Crippen molar-refractivity contribution in [3.05, 3.63) is 27.7 Å². The van der Waals surface area contributed by atoms with Gasteiger partial charge in [0.15, 0.2) is 0 Å². The molecule has 1 N–H and O–H groups in total. The Labute approximate surface area is 95.5 Å². The molecule has 0 radical (unpaired) electrons. The Balaban J connectivity index is 2.66. The first-order valence-corrected chi connectivity index (χ1v) is 5.06. The molecule has 0 aromatic heterocycles. The number of benzene rings is 1. The van der Waals surface area contributed by atoms with Gasteiger partial charge in [0.05, 0.1) is 17.8 Å². The van der Waals surface area contributed by atoms with Crippen molar-refractivity contribution in [1.29, 1.82) is 0 Å². The number of hydrogen-bond acceptors (Lipinski definition) is 3. The minimum Gasteiger partial charge on any atom is -0.468 e. The van der Waals surface area contributed by atoms with Gasteiger partial charge in [-0.25, -0.2) is 0 Å². The molecule has 1 aromatic rings. The summed E-state index contributed by atoms with van der Waals surface area (Å²) in [7, 11) is 1.34. The fourth-order valence-electron chi connectivity index (χ4n) is 0.873. The summed E-state index contributed by atoms with van der Waals surface area (Å²) in [4.78, 5) is 10.8. The van der Waals surface area contributed by atoms with Gasteiger partial charge < -0.3 is 10.1 Å². The van der Waals surface area contributed by atoms with Crippen molar-refractivity contribution in [2.75, 3.05) is 19.0 Å². The van der Waals surface area contributed by atoms with Crippen LogP contribution in [0.2, 0.25) is 5.02 Å². The molecule has 0 amide bonds. The van der Waals surface area contributed by atoms with Crippen LogP contribution in [0.15, 0.2) is 22.7 Å². The van der Waals surface area contributed by atoms with E-state index in [1.54, 1.807) is 12.1 Å². The SMILES string of the molecule is COC(=O)CNc1cc(Br)ccc1Cl. The van der Waals surface area contributed by atoms with E-state index < -0.39 is 0 Å². The fraction of sp³-hybridized carbons (Fsp3) is 0.222. The molecule has 3 nitrogen and oxygen atoms in total. The van der Waals surface area contributed by atoms with Gasteiger partial charge in [-0.15, -0.1) is 0 Å². The smallest absolute Gasteiger partial charge is 0.325 e. The number of methoxy groups -OCH3 is 1. The fourth-order valence-corrected chi connectivity index (χ4v) is 1.42.